The zero-order valence-electron chi connectivity index (χ0n) is 15.3. The van der Waals surface area contributed by atoms with E-state index in [1.807, 2.05) is 0 Å². The summed E-state index contributed by atoms with van der Waals surface area (Å²) in [6, 6.07) is 5.84. The molecule has 0 bridgehead atoms. The third-order valence-corrected chi connectivity index (χ3v) is 3.85. The number of hydrogen-bond donors (Lipinski definition) is 2. The lowest BCUT2D eigenvalue weighted by Crippen LogP contribution is -2.31. The summed E-state index contributed by atoms with van der Waals surface area (Å²) >= 11 is 0. The van der Waals surface area contributed by atoms with Gasteiger partial charge in [0.25, 0.3) is 5.91 Å². The molecule has 31 heavy (non-hydrogen) atoms. The van der Waals surface area contributed by atoms with Crippen molar-refractivity contribution in [1.82, 2.24) is 25.2 Å². The quantitative estimate of drug-likeness (QED) is 0.355. The van der Waals surface area contributed by atoms with Gasteiger partial charge in [-0.2, -0.15) is 26.3 Å². The molecule has 162 valence electrons. The number of carbonyl (C=O) groups excluding carboxylic acids is 1. The standard InChI is InChI=1S/C18H12F6N6O/c1-10(16(31)28-27-14-4-2-3-5-25-14)30-9-26-15(29-30)11-6-12(17(19,20)21)8-13(7-11)18(22,23)24/h2-9H,1H2,(H,25,27)(H,28,31). The average molecular weight is 442 g/mol. The Bertz CT molecular complexity index is 1070. The number of amides is 1. The zero-order valence-corrected chi connectivity index (χ0v) is 15.3. The van der Waals surface area contributed by atoms with Crippen LogP contribution in [-0.2, 0) is 17.1 Å². The lowest BCUT2D eigenvalue weighted by atomic mass is 10.0. The van der Waals surface area contributed by atoms with E-state index in [0.717, 1.165) is 11.0 Å². The van der Waals surface area contributed by atoms with Crippen molar-refractivity contribution in [3.8, 4) is 11.4 Å². The molecule has 2 N–H and O–H groups in total. The van der Waals surface area contributed by atoms with Gasteiger partial charge in [0.15, 0.2) is 5.82 Å². The van der Waals surface area contributed by atoms with Gasteiger partial charge in [0.05, 0.1) is 11.1 Å². The molecule has 1 amide bonds. The Kier molecular flexibility index (Phi) is 5.69. The molecule has 13 heteroatoms. The van der Waals surface area contributed by atoms with Crippen molar-refractivity contribution in [2.75, 3.05) is 5.43 Å². The Morgan fingerprint density at radius 3 is 2.16 bits per heavy atom. The molecule has 0 aliphatic carbocycles. The van der Waals surface area contributed by atoms with Gasteiger partial charge in [0.1, 0.15) is 17.8 Å². The van der Waals surface area contributed by atoms with Crippen molar-refractivity contribution >= 4 is 17.4 Å². The van der Waals surface area contributed by atoms with E-state index in [1.165, 1.54) is 6.20 Å². The highest BCUT2D eigenvalue weighted by molar-refractivity contribution is 6.12. The van der Waals surface area contributed by atoms with Crippen molar-refractivity contribution in [1.29, 1.82) is 0 Å². The second-order valence-corrected chi connectivity index (χ2v) is 6.05. The highest BCUT2D eigenvalue weighted by Gasteiger charge is 2.37. The van der Waals surface area contributed by atoms with Gasteiger partial charge in [-0.15, -0.1) is 5.10 Å². The molecule has 0 saturated heterocycles. The third kappa shape index (κ3) is 5.18. The van der Waals surface area contributed by atoms with Crippen LogP contribution in [0.2, 0.25) is 0 Å². The molecule has 2 heterocycles. The summed E-state index contributed by atoms with van der Waals surface area (Å²) in [6.07, 6.45) is -7.62. The second-order valence-electron chi connectivity index (χ2n) is 6.05. The van der Waals surface area contributed by atoms with Gasteiger partial charge in [-0.3, -0.25) is 15.6 Å². The van der Waals surface area contributed by atoms with Gasteiger partial charge in [0.2, 0.25) is 0 Å². The maximum absolute atomic E-state index is 13.0. The molecular weight excluding hydrogens is 430 g/mol. The number of hydrazine groups is 1. The minimum Gasteiger partial charge on any atom is -0.282 e. The number of nitrogens with one attached hydrogen (secondary N) is 2. The average Bonchev–Trinajstić information content (AvgIpc) is 3.21. The first-order valence-electron chi connectivity index (χ1n) is 8.33. The van der Waals surface area contributed by atoms with Gasteiger partial charge in [-0.1, -0.05) is 12.6 Å². The van der Waals surface area contributed by atoms with Crippen LogP contribution in [0.15, 0.2) is 55.5 Å². The predicted octanol–water partition coefficient (Wildman–Crippen LogP) is 3.99. The SMILES string of the molecule is C=C(C(=O)NNc1ccccn1)n1cnc(-c2cc(C(F)(F)F)cc(C(F)(F)F)c2)n1. The number of hydrogen-bond acceptors (Lipinski definition) is 5. The molecule has 3 aromatic rings. The number of anilines is 1. The maximum Gasteiger partial charge on any atom is 0.416 e. The normalized spacial score (nSPS) is 11.8. The van der Waals surface area contributed by atoms with Crippen LogP contribution in [-0.4, -0.2) is 25.7 Å². The molecule has 1 aromatic carbocycles. The van der Waals surface area contributed by atoms with Crippen LogP contribution in [0, 0.1) is 0 Å². The minimum absolute atomic E-state index is 0.00381. The van der Waals surface area contributed by atoms with Gasteiger partial charge in [0, 0.05) is 11.8 Å². The van der Waals surface area contributed by atoms with E-state index in [9.17, 15) is 31.1 Å². The lowest BCUT2D eigenvalue weighted by molar-refractivity contribution is -0.143. The van der Waals surface area contributed by atoms with E-state index in [-0.39, 0.29) is 11.8 Å². The number of alkyl halides is 6. The van der Waals surface area contributed by atoms with Gasteiger partial charge >= 0.3 is 12.4 Å². The van der Waals surface area contributed by atoms with Crippen LogP contribution in [0.25, 0.3) is 17.1 Å². The fraction of sp³-hybridized carbons (Fsp3) is 0.111. The highest BCUT2D eigenvalue weighted by Crippen LogP contribution is 2.38. The van der Waals surface area contributed by atoms with Crippen molar-refractivity contribution in [3.63, 3.8) is 0 Å². The summed E-state index contributed by atoms with van der Waals surface area (Å²) in [5.74, 6) is -0.933. The Morgan fingerprint density at radius 1 is 0.968 bits per heavy atom. The largest absolute Gasteiger partial charge is 0.416 e. The van der Waals surface area contributed by atoms with E-state index in [0.29, 0.717) is 18.0 Å². The number of nitrogens with zero attached hydrogens (tertiary/aromatic N) is 4. The highest BCUT2D eigenvalue weighted by atomic mass is 19.4. The third-order valence-electron chi connectivity index (χ3n) is 3.85. The Labute approximate surface area is 170 Å². The fourth-order valence-corrected chi connectivity index (χ4v) is 2.34. The van der Waals surface area contributed by atoms with Crippen LogP contribution < -0.4 is 10.9 Å². The molecule has 0 fully saturated rings. The number of rotatable bonds is 5. The molecule has 0 atom stereocenters. The van der Waals surface area contributed by atoms with E-state index in [4.69, 9.17) is 0 Å². The molecular formula is C18H12F6N6O. The van der Waals surface area contributed by atoms with Gasteiger partial charge in [-0.05, 0) is 30.3 Å². The van der Waals surface area contributed by atoms with Crippen LogP contribution >= 0.6 is 0 Å². The predicted molar refractivity (Wildman–Crippen MR) is 96.8 cm³/mol. The molecule has 0 aliphatic rings. The van der Waals surface area contributed by atoms with Crippen molar-refractivity contribution in [2.45, 2.75) is 12.4 Å². The summed E-state index contributed by atoms with van der Waals surface area (Å²) < 4.78 is 79.0. The van der Waals surface area contributed by atoms with E-state index >= 15 is 0 Å². The molecule has 0 unspecified atom stereocenters. The fourth-order valence-electron chi connectivity index (χ4n) is 2.34. The molecule has 0 saturated carbocycles. The smallest absolute Gasteiger partial charge is 0.282 e. The number of halogens is 6. The zero-order chi connectivity index (χ0) is 22.8. The molecule has 0 spiro atoms. The molecule has 0 radical (unpaired) electrons. The summed E-state index contributed by atoms with van der Waals surface area (Å²) in [6.45, 7) is 3.49. The Hall–Kier alpha value is -3.90. The van der Waals surface area contributed by atoms with Gasteiger partial charge in [-0.25, -0.2) is 14.6 Å². The van der Waals surface area contributed by atoms with Crippen LogP contribution in [0.5, 0.6) is 0 Å². The number of aromatic nitrogens is 4. The van der Waals surface area contributed by atoms with Crippen molar-refractivity contribution < 1.29 is 31.1 Å². The lowest BCUT2D eigenvalue weighted by Gasteiger charge is -2.13. The van der Waals surface area contributed by atoms with Crippen molar-refractivity contribution in [3.05, 3.63) is 66.6 Å². The minimum atomic E-state index is -5.01. The number of benzene rings is 1. The Balaban J connectivity index is 1.84. The van der Waals surface area contributed by atoms with Gasteiger partial charge < -0.3 is 0 Å². The van der Waals surface area contributed by atoms with Crippen LogP contribution in [0.1, 0.15) is 11.1 Å². The second kappa shape index (κ2) is 8.08. The van der Waals surface area contributed by atoms with Crippen LogP contribution in [0.3, 0.4) is 0 Å². The topological polar surface area (TPSA) is 84.7 Å². The molecule has 2 aromatic heterocycles. The number of pyridine rings is 1. The molecule has 7 nitrogen and oxygen atoms in total. The molecule has 3 rings (SSSR count). The van der Waals surface area contributed by atoms with E-state index < -0.39 is 40.8 Å². The van der Waals surface area contributed by atoms with E-state index in [1.54, 1.807) is 18.2 Å². The maximum atomic E-state index is 13.0. The van der Waals surface area contributed by atoms with E-state index in [2.05, 4.69) is 32.5 Å². The first-order valence-corrected chi connectivity index (χ1v) is 8.33. The summed E-state index contributed by atoms with van der Waals surface area (Å²) in [4.78, 5) is 19.8. The number of carbonyl (C=O) groups is 1. The summed E-state index contributed by atoms with van der Waals surface area (Å²) in [5, 5.41) is 3.77. The monoisotopic (exact) mass is 442 g/mol. The first-order chi connectivity index (χ1) is 14.4. The summed E-state index contributed by atoms with van der Waals surface area (Å²) in [5.41, 5.74) is 0.919. The summed E-state index contributed by atoms with van der Waals surface area (Å²) in [7, 11) is 0. The molecule has 0 aliphatic heterocycles. The first kappa shape index (κ1) is 21.8. The van der Waals surface area contributed by atoms with Crippen LogP contribution in [0.4, 0.5) is 32.2 Å². The Morgan fingerprint density at radius 2 is 1.61 bits per heavy atom. The van der Waals surface area contributed by atoms with Crippen molar-refractivity contribution in [2.24, 2.45) is 0 Å².